The molecule has 0 aromatic carbocycles. The van der Waals surface area contributed by atoms with Crippen molar-refractivity contribution >= 4 is 33.5 Å². The van der Waals surface area contributed by atoms with Crippen molar-refractivity contribution in [1.82, 2.24) is 20.0 Å². The number of H-pyrrole nitrogens is 1. The Labute approximate surface area is 123 Å². The monoisotopic (exact) mass is 316 g/mol. The third-order valence-corrected chi connectivity index (χ3v) is 4.85. The molecule has 1 fully saturated rings. The summed E-state index contributed by atoms with van der Waals surface area (Å²) in [5.41, 5.74) is 0.585. The van der Waals surface area contributed by atoms with Crippen molar-refractivity contribution in [2.24, 2.45) is 0 Å². The van der Waals surface area contributed by atoms with Crippen molar-refractivity contribution in [3.63, 3.8) is 0 Å². The van der Waals surface area contributed by atoms with E-state index in [9.17, 15) is 8.42 Å². The Bertz CT molecular complexity index is 680. The van der Waals surface area contributed by atoms with E-state index in [0.717, 1.165) is 19.4 Å². The number of nitrogens with one attached hydrogen (secondary N) is 3. The highest BCUT2D eigenvalue weighted by molar-refractivity contribution is 7.89. The van der Waals surface area contributed by atoms with Gasteiger partial charge in [-0.2, -0.15) is 0 Å². The first-order valence-corrected chi connectivity index (χ1v) is 7.80. The van der Waals surface area contributed by atoms with Gasteiger partial charge in [-0.1, -0.05) is 0 Å². The molecule has 0 spiro atoms. The van der Waals surface area contributed by atoms with E-state index in [2.05, 4.69) is 20.0 Å². The van der Waals surface area contributed by atoms with Crippen LogP contribution in [-0.2, 0) is 10.0 Å². The third-order valence-electron chi connectivity index (χ3n) is 3.38. The maximum Gasteiger partial charge on any atom is 0.242 e. The lowest BCUT2D eigenvalue weighted by Gasteiger charge is -2.11. The number of aromatic nitrogens is 2. The van der Waals surface area contributed by atoms with E-state index in [1.165, 1.54) is 6.20 Å². The number of aromatic amines is 1. The zero-order valence-electron chi connectivity index (χ0n) is 10.8. The molecule has 6 nitrogen and oxygen atoms in total. The van der Waals surface area contributed by atoms with Gasteiger partial charge in [0.25, 0.3) is 0 Å². The van der Waals surface area contributed by atoms with Gasteiger partial charge in [0.2, 0.25) is 10.0 Å². The van der Waals surface area contributed by atoms with Gasteiger partial charge in [0, 0.05) is 30.4 Å². The minimum atomic E-state index is -3.49. The molecule has 1 atom stereocenters. The van der Waals surface area contributed by atoms with Crippen molar-refractivity contribution in [2.45, 2.75) is 23.8 Å². The molecule has 0 saturated carbocycles. The van der Waals surface area contributed by atoms with Crippen LogP contribution < -0.4 is 10.0 Å². The molecule has 3 heterocycles. The van der Waals surface area contributed by atoms with Gasteiger partial charge in [-0.15, -0.1) is 12.4 Å². The number of halogens is 1. The summed E-state index contributed by atoms with van der Waals surface area (Å²) in [6.45, 7) is 1.39. The first-order valence-electron chi connectivity index (χ1n) is 6.32. The average molecular weight is 317 g/mol. The summed E-state index contributed by atoms with van der Waals surface area (Å²) in [5.74, 6) is 0. The largest absolute Gasteiger partial charge is 0.345 e. The van der Waals surface area contributed by atoms with Gasteiger partial charge in [-0.25, -0.2) is 18.1 Å². The average Bonchev–Trinajstić information content (AvgIpc) is 3.06. The van der Waals surface area contributed by atoms with Gasteiger partial charge in [0.05, 0.1) is 0 Å². The van der Waals surface area contributed by atoms with E-state index in [1.54, 1.807) is 18.3 Å². The molecule has 3 N–H and O–H groups in total. The molecule has 1 saturated heterocycles. The molecular formula is C12H17ClN4O2S. The van der Waals surface area contributed by atoms with Crippen LogP contribution in [0.2, 0.25) is 0 Å². The Morgan fingerprint density at radius 2 is 2.30 bits per heavy atom. The lowest BCUT2D eigenvalue weighted by molar-refractivity contribution is 0.552. The summed E-state index contributed by atoms with van der Waals surface area (Å²) in [5, 5.41) is 3.88. The summed E-state index contributed by atoms with van der Waals surface area (Å²) >= 11 is 0. The second-order valence-corrected chi connectivity index (χ2v) is 6.43. The van der Waals surface area contributed by atoms with Gasteiger partial charge >= 0.3 is 0 Å². The van der Waals surface area contributed by atoms with Crippen LogP contribution in [0.1, 0.15) is 12.8 Å². The molecule has 0 amide bonds. The van der Waals surface area contributed by atoms with E-state index in [-0.39, 0.29) is 23.3 Å². The van der Waals surface area contributed by atoms with Crippen LogP contribution in [0.5, 0.6) is 0 Å². The summed E-state index contributed by atoms with van der Waals surface area (Å²) in [4.78, 5) is 7.23. The number of sulfonamides is 1. The number of fused-ring (bicyclic) bond motifs is 1. The van der Waals surface area contributed by atoms with Crippen molar-refractivity contribution in [3.8, 4) is 0 Å². The minimum absolute atomic E-state index is 0. The summed E-state index contributed by atoms with van der Waals surface area (Å²) in [6.07, 6.45) is 5.23. The number of pyridine rings is 1. The van der Waals surface area contributed by atoms with E-state index in [1.807, 2.05) is 0 Å². The molecule has 110 valence electrons. The van der Waals surface area contributed by atoms with Crippen LogP contribution in [0, 0.1) is 0 Å². The molecule has 0 aliphatic carbocycles. The molecule has 3 rings (SSSR count). The number of nitrogens with zero attached hydrogens (tertiary/aromatic N) is 1. The van der Waals surface area contributed by atoms with E-state index >= 15 is 0 Å². The minimum Gasteiger partial charge on any atom is -0.345 e. The van der Waals surface area contributed by atoms with Gasteiger partial charge in [0.15, 0.2) is 0 Å². The Hall–Kier alpha value is -1.15. The van der Waals surface area contributed by atoms with Crippen LogP contribution in [0.25, 0.3) is 11.0 Å². The van der Waals surface area contributed by atoms with Gasteiger partial charge in [-0.05, 0) is 31.5 Å². The quantitative estimate of drug-likeness (QED) is 0.786. The van der Waals surface area contributed by atoms with Gasteiger partial charge in [0.1, 0.15) is 10.5 Å². The second-order valence-electron chi connectivity index (χ2n) is 4.70. The van der Waals surface area contributed by atoms with Crippen molar-refractivity contribution in [1.29, 1.82) is 0 Å². The van der Waals surface area contributed by atoms with Gasteiger partial charge in [-0.3, -0.25) is 0 Å². The molecular weight excluding hydrogens is 300 g/mol. The molecule has 1 unspecified atom stereocenters. The molecule has 8 heteroatoms. The molecule has 1 aliphatic rings. The molecule has 20 heavy (non-hydrogen) atoms. The summed E-state index contributed by atoms with van der Waals surface area (Å²) in [6, 6.07) is 3.72. The standard InChI is InChI=1S/C12H16N4O2S.ClH/c17-19(18,16-7-9-3-1-5-13-9)11-8-15-12-10(11)4-2-6-14-12;/h2,4,6,8-9,13,16H,1,3,5,7H2,(H,14,15);1H. The maximum absolute atomic E-state index is 12.3. The lowest BCUT2D eigenvalue weighted by atomic mass is 10.2. The number of hydrogen-bond donors (Lipinski definition) is 3. The van der Waals surface area contributed by atoms with Crippen molar-refractivity contribution in [2.75, 3.05) is 13.1 Å². The smallest absolute Gasteiger partial charge is 0.242 e. The second kappa shape index (κ2) is 6.09. The highest BCUT2D eigenvalue weighted by atomic mass is 35.5. The maximum atomic E-state index is 12.3. The van der Waals surface area contributed by atoms with Crippen LogP contribution in [-0.4, -0.2) is 37.5 Å². The fourth-order valence-electron chi connectivity index (χ4n) is 2.37. The molecule has 1 aliphatic heterocycles. The van der Waals surface area contributed by atoms with Crippen molar-refractivity contribution < 1.29 is 8.42 Å². The Balaban J connectivity index is 0.00000147. The topological polar surface area (TPSA) is 86.9 Å². The first kappa shape index (κ1) is 15.2. The van der Waals surface area contributed by atoms with Crippen LogP contribution >= 0.6 is 12.4 Å². The van der Waals surface area contributed by atoms with Crippen molar-refractivity contribution in [3.05, 3.63) is 24.5 Å². The Morgan fingerprint density at radius 1 is 1.45 bits per heavy atom. The predicted octanol–water partition coefficient (Wildman–Crippen LogP) is 1.01. The third kappa shape index (κ3) is 2.95. The summed E-state index contributed by atoms with van der Waals surface area (Å²) < 4.78 is 27.2. The zero-order chi connectivity index (χ0) is 13.3. The molecule has 0 bridgehead atoms. The first-order chi connectivity index (χ1) is 9.17. The fraction of sp³-hybridized carbons (Fsp3) is 0.417. The fourth-order valence-corrected chi connectivity index (χ4v) is 3.62. The van der Waals surface area contributed by atoms with E-state index < -0.39 is 10.0 Å². The number of hydrogen-bond acceptors (Lipinski definition) is 4. The highest BCUT2D eigenvalue weighted by Crippen LogP contribution is 2.20. The van der Waals surface area contributed by atoms with Crippen LogP contribution in [0.15, 0.2) is 29.4 Å². The molecule has 2 aromatic heterocycles. The van der Waals surface area contributed by atoms with Gasteiger partial charge < -0.3 is 10.3 Å². The molecule has 2 aromatic rings. The Morgan fingerprint density at radius 3 is 3.05 bits per heavy atom. The SMILES string of the molecule is Cl.O=S(=O)(NCC1CCCN1)c1c[nH]c2ncccc12. The van der Waals surface area contributed by atoms with Crippen LogP contribution in [0.4, 0.5) is 0 Å². The predicted molar refractivity (Wildman–Crippen MR) is 79.6 cm³/mol. The lowest BCUT2D eigenvalue weighted by Crippen LogP contribution is -2.37. The number of rotatable bonds is 4. The molecule has 0 radical (unpaired) electrons. The summed E-state index contributed by atoms with van der Waals surface area (Å²) in [7, 11) is -3.49. The zero-order valence-corrected chi connectivity index (χ0v) is 12.4. The van der Waals surface area contributed by atoms with Crippen LogP contribution in [0.3, 0.4) is 0 Å². The normalized spacial score (nSPS) is 19.1. The highest BCUT2D eigenvalue weighted by Gasteiger charge is 2.22. The Kier molecular flexibility index (Phi) is 4.64. The van der Waals surface area contributed by atoms with E-state index in [4.69, 9.17) is 0 Å². The van der Waals surface area contributed by atoms with E-state index in [0.29, 0.717) is 17.6 Å².